The van der Waals surface area contributed by atoms with Crippen molar-refractivity contribution in [3.05, 3.63) is 29.3 Å². The maximum absolute atomic E-state index is 5.86. The molecule has 0 spiro atoms. The molecular weight excluding hydrogens is 220 g/mol. The van der Waals surface area contributed by atoms with Gasteiger partial charge in [0.25, 0.3) is 0 Å². The lowest BCUT2D eigenvalue weighted by Gasteiger charge is -2.35. The van der Waals surface area contributed by atoms with Crippen molar-refractivity contribution in [2.45, 2.75) is 52.0 Å². The Balaban J connectivity index is 2.07. The summed E-state index contributed by atoms with van der Waals surface area (Å²) < 4.78 is 0. The van der Waals surface area contributed by atoms with Crippen LogP contribution >= 0.6 is 0 Å². The predicted molar refractivity (Wildman–Crippen MR) is 78.8 cm³/mol. The quantitative estimate of drug-likeness (QED) is 0.808. The summed E-state index contributed by atoms with van der Waals surface area (Å²) in [7, 11) is 0. The van der Waals surface area contributed by atoms with E-state index in [-0.39, 0.29) is 0 Å². The van der Waals surface area contributed by atoms with Gasteiger partial charge in [-0.3, -0.25) is 0 Å². The number of rotatable bonds is 5. The smallest absolute Gasteiger partial charge is 0.0316 e. The lowest BCUT2D eigenvalue weighted by atomic mass is 9.87. The highest BCUT2D eigenvalue weighted by atomic mass is 15.1. The number of fused-ring (bicyclic) bond motifs is 1. The topological polar surface area (TPSA) is 29.3 Å². The van der Waals surface area contributed by atoms with Crippen LogP contribution in [0, 0.1) is 0 Å². The van der Waals surface area contributed by atoms with E-state index in [0.29, 0.717) is 0 Å². The third-order valence-corrected chi connectivity index (χ3v) is 3.97. The van der Waals surface area contributed by atoms with Gasteiger partial charge in [0.05, 0.1) is 0 Å². The predicted octanol–water partition coefficient (Wildman–Crippen LogP) is 3.25. The van der Waals surface area contributed by atoms with Crippen molar-refractivity contribution in [1.82, 2.24) is 4.90 Å². The Kier molecular flexibility index (Phi) is 4.65. The van der Waals surface area contributed by atoms with Gasteiger partial charge in [0.2, 0.25) is 0 Å². The molecule has 1 aliphatic carbocycles. The molecule has 2 heteroatoms. The second-order valence-corrected chi connectivity index (χ2v) is 5.46. The zero-order valence-electron chi connectivity index (χ0n) is 11.8. The van der Waals surface area contributed by atoms with Crippen LogP contribution in [0.15, 0.2) is 18.2 Å². The standard InChI is InChI=1S/C16H26N2/c1-3-9-18(10-4-2)16-8-6-13-11-15(17)7-5-14(13)12-16/h5,7,11,16H,3-4,6,8-10,12,17H2,1-2H3. The first-order valence-corrected chi connectivity index (χ1v) is 7.36. The zero-order chi connectivity index (χ0) is 13.0. The molecule has 1 aromatic carbocycles. The van der Waals surface area contributed by atoms with Gasteiger partial charge >= 0.3 is 0 Å². The highest BCUT2D eigenvalue weighted by Gasteiger charge is 2.23. The fourth-order valence-corrected chi connectivity index (χ4v) is 3.12. The monoisotopic (exact) mass is 246 g/mol. The number of nitrogen functional groups attached to an aromatic ring is 1. The summed E-state index contributed by atoms with van der Waals surface area (Å²) in [6.07, 6.45) is 6.19. The van der Waals surface area contributed by atoms with Crippen molar-refractivity contribution in [3.8, 4) is 0 Å². The van der Waals surface area contributed by atoms with Gasteiger partial charge < -0.3 is 10.6 Å². The summed E-state index contributed by atoms with van der Waals surface area (Å²) in [4.78, 5) is 2.68. The third kappa shape index (κ3) is 3.05. The molecule has 0 aromatic heterocycles. The molecule has 2 N–H and O–H groups in total. The van der Waals surface area contributed by atoms with Crippen molar-refractivity contribution < 1.29 is 0 Å². The first-order chi connectivity index (χ1) is 8.74. The molecule has 100 valence electrons. The SMILES string of the molecule is CCCN(CCC)C1CCc2cc(N)ccc2C1. The van der Waals surface area contributed by atoms with Gasteiger partial charge in [-0.15, -0.1) is 0 Å². The van der Waals surface area contributed by atoms with Crippen molar-refractivity contribution >= 4 is 5.69 Å². The average Bonchev–Trinajstić information content (AvgIpc) is 2.38. The molecule has 1 aliphatic rings. The van der Waals surface area contributed by atoms with Gasteiger partial charge in [-0.1, -0.05) is 19.9 Å². The first kappa shape index (κ1) is 13.4. The Morgan fingerprint density at radius 3 is 2.56 bits per heavy atom. The van der Waals surface area contributed by atoms with Crippen LogP contribution in [0.1, 0.15) is 44.2 Å². The molecule has 0 saturated carbocycles. The molecule has 1 aromatic rings. The molecule has 0 radical (unpaired) electrons. The number of hydrogen-bond donors (Lipinski definition) is 1. The van der Waals surface area contributed by atoms with Gasteiger partial charge in [-0.2, -0.15) is 0 Å². The molecule has 2 nitrogen and oxygen atoms in total. The summed E-state index contributed by atoms with van der Waals surface area (Å²) in [5, 5.41) is 0. The minimum atomic E-state index is 0.737. The number of nitrogens with zero attached hydrogens (tertiary/aromatic N) is 1. The van der Waals surface area contributed by atoms with Crippen molar-refractivity contribution in [2.24, 2.45) is 0 Å². The van der Waals surface area contributed by atoms with Gasteiger partial charge in [0.15, 0.2) is 0 Å². The van der Waals surface area contributed by atoms with E-state index in [1.54, 1.807) is 0 Å². The van der Waals surface area contributed by atoms with Crippen LogP contribution in [0.5, 0.6) is 0 Å². The maximum atomic E-state index is 5.86. The van der Waals surface area contributed by atoms with Crippen LogP contribution in [0.3, 0.4) is 0 Å². The highest BCUT2D eigenvalue weighted by Crippen LogP contribution is 2.26. The molecule has 0 aliphatic heterocycles. The van der Waals surface area contributed by atoms with Crippen LogP contribution in [0.25, 0.3) is 0 Å². The molecule has 0 amide bonds. The highest BCUT2D eigenvalue weighted by molar-refractivity contribution is 5.46. The van der Waals surface area contributed by atoms with E-state index in [9.17, 15) is 0 Å². The van der Waals surface area contributed by atoms with Crippen molar-refractivity contribution in [2.75, 3.05) is 18.8 Å². The Labute approximate surface area is 111 Å². The largest absolute Gasteiger partial charge is 0.399 e. The minimum absolute atomic E-state index is 0.737. The van der Waals surface area contributed by atoms with E-state index in [2.05, 4.69) is 30.9 Å². The second kappa shape index (κ2) is 6.24. The zero-order valence-corrected chi connectivity index (χ0v) is 11.8. The number of aryl methyl sites for hydroxylation is 1. The Bertz CT molecular complexity index is 381. The Morgan fingerprint density at radius 2 is 1.89 bits per heavy atom. The summed E-state index contributed by atoms with van der Waals surface area (Å²) in [5.41, 5.74) is 9.75. The van der Waals surface area contributed by atoms with Crippen LogP contribution in [0.4, 0.5) is 5.69 Å². The van der Waals surface area contributed by atoms with Gasteiger partial charge in [0, 0.05) is 11.7 Å². The fourth-order valence-electron chi connectivity index (χ4n) is 3.12. The summed E-state index contributed by atoms with van der Waals surface area (Å²) in [5.74, 6) is 0. The minimum Gasteiger partial charge on any atom is -0.399 e. The summed E-state index contributed by atoms with van der Waals surface area (Å²) >= 11 is 0. The number of nitrogens with two attached hydrogens (primary N) is 1. The van der Waals surface area contributed by atoms with E-state index in [1.165, 1.54) is 56.3 Å². The molecule has 0 heterocycles. The average molecular weight is 246 g/mol. The maximum Gasteiger partial charge on any atom is 0.0316 e. The number of hydrogen-bond acceptors (Lipinski definition) is 2. The fraction of sp³-hybridized carbons (Fsp3) is 0.625. The molecular formula is C16H26N2. The Hall–Kier alpha value is -1.02. The van der Waals surface area contributed by atoms with Crippen LogP contribution < -0.4 is 5.73 Å². The van der Waals surface area contributed by atoms with Crippen LogP contribution in [-0.2, 0) is 12.8 Å². The first-order valence-electron chi connectivity index (χ1n) is 7.36. The van der Waals surface area contributed by atoms with Crippen LogP contribution in [-0.4, -0.2) is 24.0 Å². The molecule has 0 saturated heterocycles. The van der Waals surface area contributed by atoms with E-state index >= 15 is 0 Å². The van der Waals surface area contributed by atoms with Crippen molar-refractivity contribution in [3.63, 3.8) is 0 Å². The van der Waals surface area contributed by atoms with Gasteiger partial charge in [-0.05, 0) is 68.5 Å². The number of anilines is 1. The molecule has 1 unspecified atom stereocenters. The molecule has 0 bridgehead atoms. The number of benzene rings is 1. The molecule has 0 fully saturated rings. The summed E-state index contributed by atoms with van der Waals surface area (Å²) in [6, 6.07) is 7.18. The molecule has 2 rings (SSSR count). The van der Waals surface area contributed by atoms with Gasteiger partial charge in [-0.25, -0.2) is 0 Å². The normalized spacial score (nSPS) is 18.9. The van der Waals surface area contributed by atoms with E-state index < -0.39 is 0 Å². The third-order valence-electron chi connectivity index (χ3n) is 3.97. The van der Waals surface area contributed by atoms with E-state index in [1.807, 2.05) is 6.07 Å². The van der Waals surface area contributed by atoms with E-state index in [0.717, 1.165) is 11.7 Å². The lowest BCUT2D eigenvalue weighted by molar-refractivity contribution is 0.180. The summed E-state index contributed by atoms with van der Waals surface area (Å²) in [6.45, 7) is 7.03. The molecule has 1 atom stereocenters. The van der Waals surface area contributed by atoms with Gasteiger partial charge in [0.1, 0.15) is 0 Å². The lowest BCUT2D eigenvalue weighted by Crippen LogP contribution is -2.40. The second-order valence-electron chi connectivity index (χ2n) is 5.46. The van der Waals surface area contributed by atoms with E-state index in [4.69, 9.17) is 5.73 Å². The van der Waals surface area contributed by atoms with Crippen molar-refractivity contribution in [1.29, 1.82) is 0 Å². The Morgan fingerprint density at radius 1 is 1.17 bits per heavy atom. The van der Waals surface area contributed by atoms with Crippen LogP contribution in [0.2, 0.25) is 0 Å². The molecule has 18 heavy (non-hydrogen) atoms.